The Morgan fingerprint density at radius 3 is 2.52 bits per heavy atom. The number of thiocarbonyl (C=S) groups is 1. The first-order chi connectivity index (χ1) is 16.1. The number of anilines is 1. The van der Waals surface area contributed by atoms with Gasteiger partial charge in [0.2, 0.25) is 0 Å². The van der Waals surface area contributed by atoms with Gasteiger partial charge in [0.15, 0.2) is 5.11 Å². The molecule has 1 aliphatic heterocycles. The van der Waals surface area contributed by atoms with Crippen molar-refractivity contribution in [1.29, 1.82) is 0 Å². The van der Waals surface area contributed by atoms with Gasteiger partial charge in [-0.05, 0) is 85.7 Å². The van der Waals surface area contributed by atoms with Crippen molar-refractivity contribution in [1.82, 2.24) is 14.9 Å². The summed E-state index contributed by atoms with van der Waals surface area (Å²) in [6, 6.07) is 24.5. The molecule has 2 atom stereocenters. The van der Waals surface area contributed by atoms with Crippen LogP contribution < -0.4 is 15.0 Å². The summed E-state index contributed by atoms with van der Waals surface area (Å²) in [5.41, 5.74) is 6.64. The summed E-state index contributed by atoms with van der Waals surface area (Å²) in [5.74, 6) is 0.776. The van der Waals surface area contributed by atoms with Crippen LogP contribution >= 0.6 is 12.2 Å². The number of benzene rings is 2. The number of hydrogen-bond donors (Lipinski definition) is 1. The zero-order valence-electron chi connectivity index (χ0n) is 18.9. The fourth-order valence-electron chi connectivity index (χ4n) is 4.49. The summed E-state index contributed by atoms with van der Waals surface area (Å²) in [4.78, 5) is 6.82. The highest BCUT2D eigenvalue weighted by atomic mass is 32.1. The molecule has 2 aromatic heterocycles. The number of rotatable bonds is 5. The van der Waals surface area contributed by atoms with Crippen LogP contribution in [-0.2, 0) is 0 Å². The smallest absolute Gasteiger partial charge is 0.174 e. The number of ether oxygens (including phenoxy) is 1. The molecule has 6 heteroatoms. The lowest BCUT2D eigenvalue weighted by Gasteiger charge is -2.30. The van der Waals surface area contributed by atoms with Gasteiger partial charge in [-0.1, -0.05) is 24.3 Å². The van der Waals surface area contributed by atoms with Gasteiger partial charge in [0.1, 0.15) is 11.8 Å². The van der Waals surface area contributed by atoms with E-state index in [1.807, 2.05) is 48.7 Å². The lowest BCUT2D eigenvalue weighted by atomic mass is 10.0. The van der Waals surface area contributed by atoms with E-state index in [2.05, 4.69) is 70.1 Å². The molecule has 2 aromatic carbocycles. The Morgan fingerprint density at radius 2 is 1.76 bits per heavy atom. The van der Waals surface area contributed by atoms with Gasteiger partial charge in [-0.15, -0.1) is 0 Å². The van der Waals surface area contributed by atoms with E-state index in [0.29, 0.717) is 5.11 Å². The molecular formula is C27H26N4OS. The molecule has 33 heavy (non-hydrogen) atoms. The third-order valence-electron chi connectivity index (χ3n) is 6.29. The minimum Gasteiger partial charge on any atom is -0.495 e. The van der Waals surface area contributed by atoms with E-state index in [-0.39, 0.29) is 12.1 Å². The van der Waals surface area contributed by atoms with Crippen LogP contribution in [0.3, 0.4) is 0 Å². The van der Waals surface area contributed by atoms with Gasteiger partial charge >= 0.3 is 0 Å². The highest BCUT2D eigenvalue weighted by molar-refractivity contribution is 7.80. The number of nitrogens with zero attached hydrogens (tertiary/aromatic N) is 3. The predicted octanol–water partition coefficient (Wildman–Crippen LogP) is 5.67. The largest absolute Gasteiger partial charge is 0.495 e. The van der Waals surface area contributed by atoms with Crippen LogP contribution in [0.1, 0.15) is 34.6 Å². The van der Waals surface area contributed by atoms with Crippen molar-refractivity contribution in [3.05, 3.63) is 108 Å². The molecule has 1 N–H and O–H groups in total. The Bertz CT molecular complexity index is 1300. The molecule has 0 radical (unpaired) electrons. The fourth-order valence-corrected chi connectivity index (χ4v) is 4.83. The molecule has 1 aliphatic rings. The van der Waals surface area contributed by atoms with Crippen molar-refractivity contribution in [2.45, 2.75) is 25.9 Å². The Labute approximate surface area is 199 Å². The predicted molar refractivity (Wildman–Crippen MR) is 136 cm³/mol. The number of methoxy groups -OCH3 is 1. The Hall–Kier alpha value is -3.64. The summed E-state index contributed by atoms with van der Waals surface area (Å²) >= 11 is 5.88. The first kappa shape index (κ1) is 21.2. The van der Waals surface area contributed by atoms with Gasteiger partial charge in [0.25, 0.3) is 0 Å². The molecular weight excluding hydrogens is 428 g/mol. The molecule has 1 fully saturated rings. The standard InChI is InChI=1S/C27H26N4OS/c1-18-13-14-20(17-19(18)2)30-16-8-11-23(30)26-25(21-9-6-7-15-28-21)29-27(33)31(26)22-10-4-5-12-24(22)32-3/h4-17,25-26H,1-3H3,(H,29,33)/t25-,26+/m0/s1. The van der Waals surface area contributed by atoms with Crippen molar-refractivity contribution in [2.24, 2.45) is 0 Å². The second-order valence-electron chi connectivity index (χ2n) is 8.24. The Morgan fingerprint density at radius 1 is 0.939 bits per heavy atom. The van der Waals surface area contributed by atoms with E-state index >= 15 is 0 Å². The van der Waals surface area contributed by atoms with Gasteiger partial charge in [-0.25, -0.2) is 0 Å². The highest BCUT2D eigenvalue weighted by Crippen LogP contribution is 2.44. The number of para-hydroxylation sites is 2. The number of nitrogens with one attached hydrogen (secondary N) is 1. The van der Waals surface area contributed by atoms with Crippen molar-refractivity contribution < 1.29 is 4.74 Å². The van der Waals surface area contributed by atoms with Crippen molar-refractivity contribution in [3.63, 3.8) is 0 Å². The van der Waals surface area contributed by atoms with Crippen LogP contribution in [0.25, 0.3) is 5.69 Å². The SMILES string of the molecule is COc1ccccc1N1C(=S)N[C@@H](c2ccccn2)[C@H]1c1cccn1-c1ccc(C)c(C)c1. The lowest BCUT2D eigenvalue weighted by molar-refractivity contribution is 0.414. The van der Waals surface area contributed by atoms with Crippen molar-refractivity contribution in [3.8, 4) is 11.4 Å². The molecule has 0 unspecified atom stereocenters. The maximum absolute atomic E-state index is 5.88. The van der Waals surface area contributed by atoms with E-state index in [9.17, 15) is 0 Å². The Kier molecular flexibility index (Phi) is 5.60. The number of aryl methyl sites for hydroxylation is 2. The maximum Gasteiger partial charge on any atom is 0.174 e. The molecule has 4 aromatic rings. The number of pyridine rings is 1. The van der Waals surface area contributed by atoms with Crippen molar-refractivity contribution >= 4 is 23.0 Å². The molecule has 5 rings (SSSR count). The number of aromatic nitrogens is 2. The second-order valence-corrected chi connectivity index (χ2v) is 8.63. The topological polar surface area (TPSA) is 42.3 Å². The quantitative estimate of drug-likeness (QED) is 0.393. The molecule has 0 aliphatic carbocycles. The second kappa shape index (κ2) is 8.71. The van der Waals surface area contributed by atoms with E-state index in [4.69, 9.17) is 17.0 Å². The van der Waals surface area contributed by atoms with Gasteiger partial charge in [-0.3, -0.25) is 4.98 Å². The first-order valence-electron chi connectivity index (χ1n) is 11.0. The van der Waals surface area contributed by atoms with E-state index < -0.39 is 0 Å². The average Bonchev–Trinajstić information content (AvgIpc) is 3.45. The summed E-state index contributed by atoms with van der Waals surface area (Å²) < 4.78 is 7.95. The number of hydrogen-bond acceptors (Lipinski definition) is 3. The zero-order valence-corrected chi connectivity index (χ0v) is 19.7. The normalized spacial score (nSPS) is 17.8. The third kappa shape index (κ3) is 3.76. The molecule has 0 spiro atoms. The molecule has 1 saturated heterocycles. The third-order valence-corrected chi connectivity index (χ3v) is 6.61. The van der Waals surface area contributed by atoms with E-state index in [0.717, 1.165) is 28.5 Å². The van der Waals surface area contributed by atoms with Gasteiger partial charge in [0, 0.05) is 23.8 Å². The van der Waals surface area contributed by atoms with Crippen LogP contribution in [0.4, 0.5) is 5.69 Å². The highest BCUT2D eigenvalue weighted by Gasteiger charge is 2.43. The van der Waals surface area contributed by atoms with Gasteiger partial charge in [-0.2, -0.15) is 0 Å². The molecule has 0 bridgehead atoms. The lowest BCUT2D eigenvalue weighted by Crippen LogP contribution is -2.30. The van der Waals surface area contributed by atoms with Crippen LogP contribution in [-0.4, -0.2) is 21.8 Å². The Balaban J connectivity index is 1.69. The monoisotopic (exact) mass is 454 g/mol. The molecule has 3 heterocycles. The van der Waals surface area contributed by atoms with E-state index in [1.165, 1.54) is 11.1 Å². The van der Waals surface area contributed by atoms with Crippen molar-refractivity contribution in [2.75, 3.05) is 12.0 Å². The minimum atomic E-state index is -0.125. The van der Waals surface area contributed by atoms with Crippen LogP contribution in [0, 0.1) is 13.8 Å². The fraction of sp³-hybridized carbons (Fsp3) is 0.185. The van der Waals surface area contributed by atoms with E-state index in [1.54, 1.807) is 7.11 Å². The maximum atomic E-state index is 5.88. The molecule has 0 amide bonds. The molecule has 166 valence electrons. The summed E-state index contributed by atoms with van der Waals surface area (Å²) in [6.45, 7) is 4.28. The van der Waals surface area contributed by atoms with Gasteiger partial charge in [0.05, 0.1) is 24.5 Å². The summed E-state index contributed by atoms with van der Waals surface area (Å²) in [7, 11) is 1.69. The summed E-state index contributed by atoms with van der Waals surface area (Å²) in [6.07, 6.45) is 3.93. The van der Waals surface area contributed by atoms with Crippen LogP contribution in [0.5, 0.6) is 5.75 Å². The first-order valence-corrected chi connectivity index (χ1v) is 11.4. The zero-order chi connectivity index (χ0) is 22.9. The molecule has 5 nitrogen and oxygen atoms in total. The van der Waals surface area contributed by atoms with Gasteiger partial charge < -0.3 is 19.5 Å². The average molecular weight is 455 g/mol. The molecule has 0 saturated carbocycles. The summed E-state index contributed by atoms with van der Waals surface area (Å²) in [5, 5.41) is 4.18. The van der Waals surface area contributed by atoms with Crippen LogP contribution in [0.15, 0.2) is 85.2 Å². The van der Waals surface area contributed by atoms with Crippen LogP contribution in [0.2, 0.25) is 0 Å². The minimum absolute atomic E-state index is 0.121.